The van der Waals surface area contributed by atoms with E-state index in [1.54, 1.807) is 7.11 Å². The van der Waals surface area contributed by atoms with Gasteiger partial charge in [-0.1, -0.05) is 30.7 Å². The number of nitrogens with zero attached hydrogens (tertiary/aromatic N) is 2. The van der Waals surface area contributed by atoms with E-state index < -0.39 is 0 Å². The van der Waals surface area contributed by atoms with Crippen molar-refractivity contribution in [1.82, 2.24) is 9.97 Å². The van der Waals surface area contributed by atoms with Crippen LogP contribution in [0, 0.1) is 12.8 Å². The molecule has 6 heteroatoms. The van der Waals surface area contributed by atoms with Gasteiger partial charge < -0.3 is 15.4 Å². The number of hydrogen-bond acceptors (Lipinski definition) is 6. The Morgan fingerprint density at radius 3 is 2.55 bits per heavy atom. The smallest absolute Gasteiger partial charge is 0.229 e. The van der Waals surface area contributed by atoms with Crippen LogP contribution in [0.2, 0.25) is 0 Å². The number of hydrogen-bond donors (Lipinski definition) is 2. The first kappa shape index (κ1) is 18.9. The van der Waals surface area contributed by atoms with Gasteiger partial charge in [0, 0.05) is 23.9 Å². The van der Waals surface area contributed by atoms with Crippen LogP contribution in [-0.2, 0) is 6.42 Å². The Morgan fingerprint density at radius 2 is 1.79 bits per heavy atom. The molecular weight excluding hydrogens is 364 g/mol. The molecular formula is C23H24N4O2. The minimum absolute atomic E-state index is 0.0845. The summed E-state index contributed by atoms with van der Waals surface area (Å²) in [7, 11) is 1.63. The molecule has 1 atom stereocenters. The van der Waals surface area contributed by atoms with Gasteiger partial charge in [0.15, 0.2) is 5.78 Å². The van der Waals surface area contributed by atoms with Gasteiger partial charge in [0.05, 0.1) is 18.4 Å². The lowest BCUT2D eigenvalue weighted by Crippen LogP contribution is -2.22. The molecule has 1 aromatic heterocycles. The van der Waals surface area contributed by atoms with Crippen molar-refractivity contribution in [3.05, 3.63) is 65.4 Å². The molecule has 4 rings (SSSR count). The number of aromatic nitrogens is 2. The molecule has 0 amide bonds. The molecule has 0 radical (unpaired) electrons. The number of methoxy groups -OCH3 is 1. The van der Waals surface area contributed by atoms with Gasteiger partial charge in [-0.3, -0.25) is 4.79 Å². The van der Waals surface area contributed by atoms with Crippen molar-refractivity contribution in [3.8, 4) is 5.75 Å². The number of nitrogens with one attached hydrogen (secondary N) is 2. The third-order valence-electron chi connectivity index (χ3n) is 4.98. The summed E-state index contributed by atoms with van der Waals surface area (Å²) in [6, 6.07) is 15.6. The maximum atomic E-state index is 12.8. The third kappa shape index (κ3) is 4.21. The number of fused-ring (bicyclic) bond motifs is 1. The van der Waals surface area contributed by atoms with Crippen molar-refractivity contribution in [2.24, 2.45) is 5.92 Å². The lowest BCUT2D eigenvalue weighted by molar-refractivity contribution is 0.0953. The number of rotatable bonds is 5. The summed E-state index contributed by atoms with van der Waals surface area (Å²) >= 11 is 0. The van der Waals surface area contributed by atoms with E-state index in [-0.39, 0.29) is 11.7 Å². The van der Waals surface area contributed by atoms with Crippen LogP contribution in [0.15, 0.2) is 48.5 Å². The average molecular weight is 388 g/mol. The topological polar surface area (TPSA) is 76.1 Å². The summed E-state index contributed by atoms with van der Waals surface area (Å²) in [6.45, 7) is 4.11. The number of anilines is 4. The van der Waals surface area contributed by atoms with Gasteiger partial charge in [-0.25, -0.2) is 4.98 Å². The Balaban J connectivity index is 1.73. The fourth-order valence-corrected chi connectivity index (χ4v) is 3.52. The third-order valence-corrected chi connectivity index (χ3v) is 4.98. The lowest BCUT2D eigenvalue weighted by atomic mass is 9.87. The van der Waals surface area contributed by atoms with Crippen LogP contribution < -0.4 is 15.4 Å². The van der Waals surface area contributed by atoms with Crippen LogP contribution >= 0.6 is 0 Å². The molecule has 0 fully saturated rings. The Hall–Kier alpha value is -3.41. The summed E-state index contributed by atoms with van der Waals surface area (Å²) in [5, 5.41) is 6.56. The van der Waals surface area contributed by atoms with E-state index in [0.29, 0.717) is 23.8 Å². The molecule has 6 nitrogen and oxygen atoms in total. The highest BCUT2D eigenvalue weighted by atomic mass is 16.5. The van der Waals surface area contributed by atoms with Gasteiger partial charge in [0.1, 0.15) is 11.6 Å². The first-order chi connectivity index (χ1) is 14.0. The largest absolute Gasteiger partial charge is 0.497 e. The normalized spacial score (nSPS) is 15.6. The van der Waals surface area contributed by atoms with E-state index in [9.17, 15) is 4.79 Å². The van der Waals surface area contributed by atoms with E-state index in [1.807, 2.05) is 55.5 Å². The maximum Gasteiger partial charge on any atom is 0.229 e. The Kier molecular flexibility index (Phi) is 5.16. The van der Waals surface area contributed by atoms with Crippen molar-refractivity contribution in [1.29, 1.82) is 0 Å². The first-order valence-corrected chi connectivity index (χ1v) is 9.70. The van der Waals surface area contributed by atoms with Crippen molar-refractivity contribution in [2.45, 2.75) is 26.7 Å². The first-order valence-electron chi connectivity index (χ1n) is 9.70. The van der Waals surface area contributed by atoms with E-state index in [4.69, 9.17) is 4.74 Å². The molecule has 2 aromatic carbocycles. The number of ether oxygens (including phenoxy) is 1. The number of Topliss-reactive ketones (excluding diaryl/α,β-unsaturated/α-hetero) is 1. The zero-order valence-electron chi connectivity index (χ0n) is 16.8. The second kappa shape index (κ2) is 7.91. The quantitative estimate of drug-likeness (QED) is 0.637. The van der Waals surface area contributed by atoms with Crippen LogP contribution in [0.25, 0.3) is 0 Å². The van der Waals surface area contributed by atoms with Crippen molar-refractivity contribution in [3.63, 3.8) is 0 Å². The summed E-state index contributed by atoms with van der Waals surface area (Å²) in [5.74, 6) is 2.09. The molecule has 0 bridgehead atoms. The minimum atomic E-state index is 0.0845. The highest BCUT2D eigenvalue weighted by molar-refractivity contribution is 6.03. The monoisotopic (exact) mass is 388 g/mol. The Labute approximate surface area is 170 Å². The second-order valence-corrected chi connectivity index (χ2v) is 7.50. The SMILES string of the molecule is COc1cccc(Nc2nc3c(c(Nc4ccc(C)cc4)n2)C(=O)CC(C)C3)c1. The van der Waals surface area contributed by atoms with Crippen molar-refractivity contribution >= 4 is 28.9 Å². The number of benzene rings is 2. The molecule has 0 spiro atoms. The van der Waals surface area contributed by atoms with Gasteiger partial charge in [0.2, 0.25) is 5.95 Å². The van der Waals surface area contributed by atoms with Crippen molar-refractivity contribution in [2.75, 3.05) is 17.7 Å². The molecule has 1 heterocycles. The van der Waals surface area contributed by atoms with E-state index >= 15 is 0 Å². The Bertz CT molecular complexity index is 1050. The van der Waals surface area contributed by atoms with Crippen LogP contribution in [-0.4, -0.2) is 22.9 Å². The van der Waals surface area contributed by atoms with E-state index in [1.165, 1.54) is 5.56 Å². The van der Waals surface area contributed by atoms with Crippen LogP contribution in [0.4, 0.5) is 23.1 Å². The summed E-state index contributed by atoms with van der Waals surface area (Å²) in [6.07, 6.45) is 1.26. The van der Waals surface area contributed by atoms with Gasteiger partial charge in [0.25, 0.3) is 0 Å². The molecule has 1 aliphatic rings. The maximum absolute atomic E-state index is 12.8. The zero-order chi connectivity index (χ0) is 20.4. The predicted molar refractivity (Wildman–Crippen MR) is 115 cm³/mol. The second-order valence-electron chi connectivity index (χ2n) is 7.50. The minimum Gasteiger partial charge on any atom is -0.497 e. The average Bonchev–Trinajstić information content (AvgIpc) is 2.69. The molecule has 1 unspecified atom stereocenters. The van der Waals surface area contributed by atoms with Gasteiger partial charge >= 0.3 is 0 Å². The molecule has 29 heavy (non-hydrogen) atoms. The van der Waals surface area contributed by atoms with Gasteiger partial charge in [-0.15, -0.1) is 0 Å². The molecule has 148 valence electrons. The van der Waals surface area contributed by atoms with Crippen LogP contribution in [0.5, 0.6) is 5.75 Å². The molecule has 0 saturated carbocycles. The van der Waals surface area contributed by atoms with E-state index in [2.05, 4.69) is 27.5 Å². The zero-order valence-corrected chi connectivity index (χ0v) is 16.8. The Morgan fingerprint density at radius 1 is 1.00 bits per heavy atom. The highest BCUT2D eigenvalue weighted by Crippen LogP contribution is 2.32. The number of carbonyl (C=O) groups excluding carboxylic acids is 1. The van der Waals surface area contributed by atoms with E-state index in [0.717, 1.165) is 29.2 Å². The van der Waals surface area contributed by atoms with Crippen LogP contribution in [0.1, 0.15) is 35.0 Å². The standard InChI is InChI=1S/C23H24N4O2/c1-14-7-9-16(10-8-14)24-22-21-19(11-15(2)12-20(21)28)26-23(27-22)25-17-5-4-6-18(13-17)29-3/h4-10,13,15H,11-12H2,1-3H3,(H2,24,25,26,27). The van der Waals surface area contributed by atoms with Crippen LogP contribution in [0.3, 0.4) is 0 Å². The summed E-state index contributed by atoms with van der Waals surface area (Å²) in [4.78, 5) is 22.0. The highest BCUT2D eigenvalue weighted by Gasteiger charge is 2.28. The number of carbonyl (C=O) groups is 1. The van der Waals surface area contributed by atoms with Crippen molar-refractivity contribution < 1.29 is 9.53 Å². The molecule has 0 saturated heterocycles. The molecule has 1 aliphatic carbocycles. The summed E-state index contributed by atoms with van der Waals surface area (Å²) < 4.78 is 5.29. The summed E-state index contributed by atoms with van der Waals surface area (Å²) in [5.41, 5.74) is 4.25. The molecule has 2 N–H and O–H groups in total. The molecule has 0 aliphatic heterocycles. The van der Waals surface area contributed by atoms with Gasteiger partial charge in [-0.2, -0.15) is 4.98 Å². The number of aryl methyl sites for hydroxylation is 1. The predicted octanol–water partition coefficient (Wildman–Crippen LogP) is 5.05. The van der Waals surface area contributed by atoms with Gasteiger partial charge in [-0.05, 0) is 43.5 Å². The number of ketones is 1. The molecule has 3 aromatic rings. The fourth-order valence-electron chi connectivity index (χ4n) is 3.52. The lowest BCUT2D eigenvalue weighted by Gasteiger charge is -2.23. The fraction of sp³-hybridized carbons (Fsp3) is 0.261.